The van der Waals surface area contributed by atoms with Crippen molar-refractivity contribution in [2.24, 2.45) is 0 Å². The molecule has 0 radical (unpaired) electrons. The molecule has 0 bridgehead atoms. The molecular weight excluding hydrogens is 368 g/mol. The lowest BCUT2D eigenvalue weighted by Crippen LogP contribution is -2.34. The molecule has 1 fully saturated rings. The van der Waals surface area contributed by atoms with E-state index in [2.05, 4.69) is 10.6 Å². The van der Waals surface area contributed by atoms with Crippen molar-refractivity contribution in [3.63, 3.8) is 0 Å². The number of ether oxygens (including phenoxy) is 2. The summed E-state index contributed by atoms with van der Waals surface area (Å²) in [5.74, 6) is 0.125. The van der Waals surface area contributed by atoms with Gasteiger partial charge in [0.05, 0.1) is 17.4 Å². The van der Waals surface area contributed by atoms with E-state index in [1.807, 2.05) is 32.0 Å². The van der Waals surface area contributed by atoms with Crippen LogP contribution in [-0.4, -0.2) is 37.2 Å². The fraction of sp³-hybridized carbons (Fsp3) is 0.391. The molecular formula is C23H28N2O4. The van der Waals surface area contributed by atoms with Crippen molar-refractivity contribution in [3.05, 3.63) is 59.2 Å². The van der Waals surface area contributed by atoms with Crippen LogP contribution in [0.3, 0.4) is 0 Å². The van der Waals surface area contributed by atoms with Gasteiger partial charge in [-0.1, -0.05) is 24.3 Å². The summed E-state index contributed by atoms with van der Waals surface area (Å²) in [6, 6.07) is 12.8. The van der Waals surface area contributed by atoms with Crippen LogP contribution < -0.4 is 15.4 Å². The van der Waals surface area contributed by atoms with E-state index in [-0.39, 0.29) is 17.9 Å². The Morgan fingerprint density at radius 3 is 2.76 bits per heavy atom. The minimum Gasteiger partial charge on any atom is -0.481 e. The number of anilines is 1. The zero-order chi connectivity index (χ0) is 20.8. The summed E-state index contributed by atoms with van der Waals surface area (Å²) < 4.78 is 11.4. The summed E-state index contributed by atoms with van der Waals surface area (Å²) in [4.78, 5) is 25.3. The van der Waals surface area contributed by atoms with Gasteiger partial charge in [-0.05, 0) is 62.9 Å². The number of rotatable bonds is 7. The van der Waals surface area contributed by atoms with E-state index in [1.54, 1.807) is 31.2 Å². The van der Waals surface area contributed by atoms with Gasteiger partial charge in [0, 0.05) is 13.2 Å². The first kappa shape index (κ1) is 20.9. The summed E-state index contributed by atoms with van der Waals surface area (Å²) in [6.45, 7) is 6.81. The summed E-state index contributed by atoms with van der Waals surface area (Å²) in [5.41, 5.74) is 2.90. The largest absolute Gasteiger partial charge is 0.481 e. The molecule has 0 saturated carbocycles. The number of hydrogen-bond donors (Lipinski definition) is 2. The molecule has 1 aliphatic rings. The van der Waals surface area contributed by atoms with Gasteiger partial charge in [-0.2, -0.15) is 0 Å². The molecule has 0 aliphatic carbocycles. The first-order valence-corrected chi connectivity index (χ1v) is 9.97. The molecule has 0 aromatic heterocycles. The van der Waals surface area contributed by atoms with Crippen molar-refractivity contribution in [2.75, 3.05) is 18.5 Å². The maximum atomic E-state index is 12.7. The van der Waals surface area contributed by atoms with Gasteiger partial charge in [0.2, 0.25) is 0 Å². The zero-order valence-corrected chi connectivity index (χ0v) is 17.2. The standard InChI is InChI=1S/C23H28N2O4/c1-15-10-11-16(2)21(13-15)29-17(3)22(26)25-20-9-5-4-8-19(20)23(27)24-14-18-7-6-12-28-18/h4-5,8-11,13,17-18H,6-7,12,14H2,1-3H3,(H,24,27)(H,25,26)/t17-,18+/m1/s1. The molecule has 3 rings (SSSR count). The molecule has 2 N–H and O–H groups in total. The average Bonchev–Trinajstić information content (AvgIpc) is 3.23. The Kier molecular flexibility index (Phi) is 6.88. The van der Waals surface area contributed by atoms with Gasteiger partial charge in [0.15, 0.2) is 6.10 Å². The highest BCUT2D eigenvalue weighted by molar-refractivity contribution is 6.04. The first-order valence-electron chi connectivity index (χ1n) is 9.97. The van der Waals surface area contributed by atoms with Crippen LogP contribution in [0.1, 0.15) is 41.3 Å². The number of hydrogen-bond acceptors (Lipinski definition) is 4. The van der Waals surface area contributed by atoms with Gasteiger partial charge in [0.25, 0.3) is 11.8 Å². The SMILES string of the molecule is Cc1ccc(C)c(O[C@H](C)C(=O)Nc2ccccc2C(=O)NC[C@@H]2CCCO2)c1. The van der Waals surface area contributed by atoms with Crippen LogP contribution in [0.2, 0.25) is 0 Å². The lowest BCUT2D eigenvalue weighted by molar-refractivity contribution is -0.122. The Balaban J connectivity index is 1.63. The van der Waals surface area contributed by atoms with Crippen molar-refractivity contribution < 1.29 is 19.1 Å². The van der Waals surface area contributed by atoms with Crippen molar-refractivity contribution in [1.29, 1.82) is 0 Å². The van der Waals surface area contributed by atoms with Gasteiger partial charge < -0.3 is 20.1 Å². The Morgan fingerprint density at radius 2 is 2.00 bits per heavy atom. The Hall–Kier alpha value is -2.86. The van der Waals surface area contributed by atoms with Crippen molar-refractivity contribution in [1.82, 2.24) is 5.32 Å². The summed E-state index contributed by atoms with van der Waals surface area (Å²) in [5, 5.41) is 5.71. The van der Waals surface area contributed by atoms with Crippen molar-refractivity contribution >= 4 is 17.5 Å². The molecule has 2 atom stereocenters. The Labute approximate surface area is 171 Å². The highest BCUT2D eigenvalue weighted by atomic mass is 16.5. The van der Waals surface area contributed by atoms with Gasteiger partial charge >= 0.3 is 0 Å². The minimum absolute atomic E-state index is 0.0618. The zero-order valence-electron chi connectivity index (χ0n) is 17.2. The molecule has 2 amide bonds. The molecule has 0 spiro atoms. The smallest absolute Gasteiger partial charge is 0.265 e. The van der Waals surface area contributed by atoms with Crippen LogP contribution in [0, 0.1) is 13.8 Å². The predicted octanol–water partition coefficient (Wildman–Crippen LogP) is 3.62. The number of nitrogens with one attached hydrogen (secondary N) is 2. The number of benzene rings is 2. The predicted molar refractivity (Wildman–Crippen MR) is 112 cm³/mol. The second-order valence-corrected chi connectivity index (χ2v) is 7.41. The molecule has 2 aromatic carbocycles. The molecule has 1 heterocycles. The maximum Gasteiger partial charge on any atom is 0.265 e. The van der Waals surface area contributed by atoms with E-state index in [4.69, 9.17) is 9.47 Å². The average molecular weight is 396 g/mol. The molecule has 6 heteroatoms. The number of carbonyl (C=O) groups excluding carboxylic acids is 2. The van der Waals surface area contributed by atoms with Crippen LogP contribution in [-0.2, 0) is 9.53 Å². The molecule has 6 nitrogen and oxygen atoms in total. The fourth-order valence-corrected chi connectivity index (χ4v) is 3.21. The lowest BCUT2D eigenvalue weighted by Gasteiger charge is -2.18. The monoisotopic (exact) mass is 396 g/mol. The van der Waals surface area contributed by atoms with Crippen LogP contribution in [0.4, 0.5) is 5.69 Å². The van der Waals surface area contributed by atoms with Crippen molar-refractivity contribution in [3.8, 4) is 5.75 Å². The minimum atomic E-state index is -0.710. The van der Waals surface area contributed by atoms with E-state index in [0.29, 0.717) is 23.5 Å². The third-order valence-electron chi connectivity index (χ3n) is 4.96. The molecule has 29 heavy (non-hydrogen) atoms. The van der Waals surface area contributed by atoms with E-state index in [1.165, 1.54) is 0 Å². The molecule has 1 aliphatic heterocycles. The van der Waals surface area contributed by atoms with Gasteiger partial charge in [-0.15, -0.1) is 0 Å². The number of carbonyl (C=O) groups is 2. The molecule has 2 aromatic rings. The number of para-hydroxylation sites is 1. The highest BCUT2D eigenvalue weighted by Gasteiger charge is 2.21. The Bertz CT molecular complexity index is 875. The lowest BCUT2D eigenvalue weighted by atomic mass is 10.1. The second kappa shape index (κ2) is 9.56. The van der Waals surface area contributed by atoms with E-state index in [0.717, 1.165) is 30.6 Å². The third kappa shape index (κ3) is 5.57. The van der Waals surface area contributed by atoms with Gasteiger partial charge in [0.1, 0.15) is 5.75 Å². The van der Waals surface area contributed by atoms with E-state index >= 15 is 0 Å². The normalized spacial score (nSPS) is 16.9. The van der Waals surface area contributed by atoms with Crippen molar-refractivity contribution in [2.45, 2.75) is 45.8 Å². The van der Waals surface area contributed by atoms with Gasteiger partial charge in [-0.25, -0.2) is 0 Å². The number of amides is 2. The summed E-state index contributed by atoms with van der Waals surface area (Å²) in [7, 11) is 0. The highest BCUT2D eigenvalue weighted by Crippen LogP contribution is 2.22. The van der Waals surface area contributed by atoms with Crippen LogP contribution in [0.25, 0.3) is 0 Å². The topological polar surface area (TPSA) is 76.7 Å². The quantitative estimate of drug-likeness (QED) is 0.749. The Morgan fingerprint density at radius 1 is 1.21 bits per heavy atom. The molecule has 1 saturated heterocycles. The summed E-state index contributed by atoms with van der Waals surface area (Å²) in [6.07, 6.45) is 1.32. The number of aryl methyl sites for hydroxylation is 2. The van der Waals surface area contributed by atoms with Crippen LogP contribution in [0.15, 0.2) is 42.5 Å². The molecule has 154 valence electrons. The maximum absolute atomic E-state index is 12.7. The van der Waals surface area contributed by atoms with Gasteiger partial charge in [-0.3, -0.25) is 9.59 Å². The van der Waals surface area contributed by atoms with Crippen LogP contribution in [0.5, 0.6) is 5.75 Å². The molecule has 0 unspecified atom stereocenters. The summed E-state index contributed by atoms with van der Waals surface area (Å²) >= 11 is 0. The van der Waals surface area contributed by atoms with E-state index < -0.39 is 6.10 Å². The van der Waals surface area contributed by atoms with Crippen LogP contribution >= 0.6 is 0 Å². The fourth-order valence-electron chi connectivity index (χ4n) is 3.21. The second-order valence-electron chi connectivity index (χ2n) is 7.41. The first-order chi connectivity index (χ1) is 13.9. The van der Waals surface area contributed by atoms with E-state index in [9.17, 15) is 9.59 Å². The third-order valence-corrected chi connectivity index (χ3v) is 4.96.